The van der Waals surface area contributed by atoms with E-state index in [4.69, 9.17) is 4.74 Å². The molecule has 4 nitrogen and oxygen atoms in total. The molecular formula is C16H30N2O2. The van der Waals surface area contributed by atoms with Crippen LogP contribution in [0.1, 0.15) is 39.5 Å². The van der Waals surface area contributed by atoms with Crippen LogP contribution in [0.15, 0.2) is 0 Å². The van der Waals surface area contributed by atoms with Crippen LogP contribution in [-0.4, -0.2) is 61.6 Å². The molecule has 20 heavy (non-hydrogen) atoms. The Bertz CT molecular complexity index is 337. The van der Waals surface area contributed by atoms with Crippen LogP contribution >= 0.6 is 0 Å². The molecule has 1 amide bonds. The first-order valence-corrected chi connectivity index (χ1v) is 7.95. The molecule has 2 saturated heterocycles. The summed E-state index contributed by atoms with van der Waals surface area (Å²) in [5.74, 6) is 1.60. The van der Waals surface area contributed by atoms with Gasteiger partial charge in [0, 0.05) is 33.2 Å². The van der Waals surface area contributed by atoms with Crippen LogP contribution in [-0.2, 0) is 9.53 Å². The zero-order valence-corrected chi connectivity index (χ0v) is 13.5. The van der Waals surface area contributed by atoms with Crippen LogP contribution in [0, 0.1) is 11.8 Å². The molecule has 0 N–H and O–H groups in total. The predicted octanol–water partition coefficient (Wildman–Crippen LogP) is 1.99. The number of amides is 1. The number of likely N-dealkylation sites (N-methyl/N-ethyl adjacent to an activating group) is 1. The highest BCUT2D eigenvalue weighted by atomic mass is 16.5. The zero-order chi connectivity index (χ0) is 14.8. The summed E-state index contributed by atoms with van der Waals surface area (Å²) in [6.07, 6.45) is 4.10. The number of ether oxygens (including phenoxy) is 1. The first-order valence-electron chi connectivity index (χ1n) is 7.95. The minimum Gasteiger partial charge on any atom is -0.384 e. The van der Waals surface area contributed by atoms with E-state index in [9.17, 15) is 4.79 Å². The van der Waals surface area contributed by atoms with E-state index >= 15 is 0 Å². The number of carbonyl (C=O) groups is 1. The molecule has 2 aliphatic heterocycles. The lowest BCUT2D eigenvalue weighted by atomic mass is 9.75. The molecular weight excluding hydrogens is 252 g/mol. The molecule has 2 aliphatic rings. The van der Waals surface area contributed by atoms with Crippen molar-refractivity contribution in [3.63, 3.8) is 0 Å². The van der Waals surface area contributed by atoms with Gasteiger partial charge in [-0.15, -0.1) is 0 Å². The maximum Gasteiger partial charge on any atom is 0.222 e. The first-order chi connectivity index (χ1) is 9.47. The standard InChI is InChI=1S/C16H30N2O2/c1-13(2)5-6-15(19)18-11-16(12-18)9-14(10-20-4)7-8-17(16)3/h13-14H,5-12H2,1-4H3/t14-/m0/s1. The Hall–Kier alpha value is -0.610. The van der Waals surface area contributed by atoms with Crippen LogP contribution in [0.25, 0.3) is 0 Å². The lowest BCUT2D eigenvalue weighted by Crippen LogP contribution is -2.72. The van der Waals surface area contributed by atoms with Gasteiger partial charge in [0.15, 0.2) is 0 Å². The van der Waals surface area contributed by atoms with Gasteiger partial charge in [0.25, 0.3) is 0 Å². The topological polar surface area (TPSA) is 32.8 Å². The van der Waals surface area contributed by atoms with E-state index in [0.29, 0.717) is 24.2 Å². The minimum absolute atomic E-state index is 0.231. The Balaban J connectivity index is 1.84. The monoisotopic (exact) mass is 282 g/mol. The maximum atomic E-state index is 12.2. The summed E-state index contributed by atoms with van der Waals surface area (Å²) in [7, 11) is 3.99. The minimum atomic E-state index is 0.231. The Kier molecular flexibility index (Phi) is 5.08. The average molecular weight is 282 g/mol. The number of methoxy groups -OCH3 is 1. The van der Waals surface area contributed by atoms with Crippen molar-refractivity contribution in [3.8, 4) is 0 Å². The van der Waals surface area contributed by atoms with Crippen molar-refractivity contribution in [2.24, 2.45) is 11.8 Å². The van der Waals surface area contributed by atoms with Gasteiger partial charge < -0.3 is 9.64 Å². The van der Waals surface area contributed by atoms with Gasteiger partial charge in [-0.2, -0.15) is 0 Å². The van der Waals surface area contributed by atoms with E-state index in [1.807, 2.05) is 4.90 Å². The third-order valence-electron chi connectivity index (χ3n) is 5.01. The molecule has 1 spiro atoms. The van der Waals surface area contributed by atoms with Crippen molar-refractivity contribution in [2.75, 3.05) is 40.4 Å². The molecule has 0 unspecified atom stereocenters. The van der Waals surface area contributed by atoms with Gasteiger partial charge in [0.2, 0.25) is 5.91 Å². The summed E-state index contributed by atoms with van der Waals surface area (Å²) in [4.78, 5) is 16.7. The van der Waals surface area contributed by atoms with Crippen LogP contribution in [0.2, 0.25) is 0 Å². The maximum absolute atomic E-state index is 12.2. The second-order valence-corrected chi connectivity index (χ2v) is 7.14. The van der Waals surface area contributed by atoms with E-state index in [0.717, 1.165) is 32.7 Å². The van der Waals surface area contributed by atoms with Crippen molar-refractivity contribution >= 4 is 5.91 Å². The van der Waals surface area contributed by atoms with Crippen molar-refractivity contribution < 1.29 is 9.53 Å². The number of likely N-dealkylation sites (tertiary alicyclic amines) is 2. The van der Waals surface area contributed by atoms with Gasteiger partial charge in [0.05, 0.1) is 5.54 Å². The van der Waals surface area contributed by atoms with Crippen molar-refractivity contribution in [1.29, 1.82) is 0 Å². The second-order valence-electron chi connectivity index (χ2n) is 7.14. The summed E-state index contributed by atoms with van der Waals surface area (Å²) in [5, 5.41) is 0. The smallest absolute Gasteiger partial charge is 0.222 e. The fourth-order valence-electron chi connectivity index (χ4n) is 3.57. The van der Waals surface area contributed by atoms with Crippen LogP contribution in [0.4, 0.5) is 0 Å². The van der Waals surface area contributed by atoms with E-state index < -0.39 is 0 Å². The highest BCUT2D eigenvalue weighted by Gasteiger charge is 2.50. The molecule has 0 radical (unpaired) electrons. The Labute approximate surface area is 123 Å². The second kappa shape index (κ2) is 6.44. The number of hydrogen-bond donors (Lipinski definition) is 0. The average Bonchev–Trinajstić information content (AvgIpc) is 2.36. The van der Waals surface area contributed by atoms with E-state index in [1.165, 1.54) is 12.8 Å². The highest BCUT2D eigenvalue weighted by molar-refractivity contribution is 5.77. The van der Waals surface area contributed by atoms with Gasteiger partial charge in [-0.3, -0.25) is 9.69 Å². The lowest BCUT2D eigenvalue weighted by Gasteiger charge is -2.58. The summed E-state index contributed by atoms with van der Waals surface area (Å²) in [5.41, 5.74) is 0.231. The quantitative estimate of drug-likeness (QED) is 0.773. The van der Waals surface area contributed by atoms with E-state index in [-0.39, 0.29) is 5.54 Å². The number of rotatable bonds is 5. The molecule has 0 aromatic carbocycles. The lowest BCUT2D eigenvalue weighted by molar-refractivity contribution is -0.151. The van der Waals surface area contributed by atoms with Crippen molar-refractivity contribution in [2.45, 2.75) is 45.1 Å². The predicted molar refractivity (Wildman–Crippen MR) is 80.6 cm³/mol. The number of carbonyl (C=O) groups excluding carboxylic acids is 1. The third-order valence-corrected chi connectivity index (χ3v) is 5.01. The van der Waals surface area contributed by atoms with Crippen molar-refractivity contribution in [3.05, 3.63) is 0 Å². The summed E-state index contributed by atoms with van der Waals surface area (Å²) >= 11 is 0. The Morgan fingerprint density at radius 1 is 1.40 bits per heavy atom. The molecule has 4 heteroatoms. The Morgan fingerprint density at radius 3 is 2.70 bits per heavy atom. The van der Waals surface area contributed by atoms with Gasteiger partial charge in [0.1, 0.15) is 0 Å². The third kappa shape index (κ3) is 3.34. The Morgan fingerprint density at radius 2 is 2.10 bits per heavy atom. The number of piperidine rings is 1. The molecule has 0 aromatic heterocycles. The van der Waals surface area contributed by atoms with Crippen LogP contribution in [0.5, 0.6) is 0 Å². The fraction of sp³-hybridized carbons (Fsp3) is 0.938. The van der Waals surface area contributed by atoms with Gasteiger partial charge in [-0.05, 0) is 44.7 Å². The molecule has 1 atom stereocenters. The fourth-order valence-corrected chi connectivity index (χ4v) is 3.57. The van der Waals surface area contributed by atoms with Gasteiger partial charge >= 0.3 is 0 Å². The summed E-state index contributed by atoms with van der Waals surface area (Å²) in [6, 6.07) is 0. The molecule has 0 aliphatic carbocycles. The van der Waals surface area contributed by atoms with E-state index in [2.05, 4.69) is 25.8 Å². The molecule has 2 heterocycles. The molecule has 0 aromatic rings. The molecule has 0 saturated carbocycles. The highest BCUT2D eigenvalue weighted by Crippen LogP contribution is 2.38. The van der Waals surface area contributed by atoms with Crippen LogP contribution in [0.3, 0.4) is 0 Å². The molecule has 2 fully saturated rings. The molecule has 0 bridgehead atoms. The van der Waals surface area contributed by atoms with Gasteiger partial charge in [-0.1, -0.05) is 13.8 Å². The molecule has 116 valence electrons. The van der Waals surface area contributed by atoms with Gasteiger partial charge in [-0.25, -0.2) is 0 Å². The SMILES string of the molecule is COC[C@H]1CCN(C)C2(C1)CN(C(=O)CCC(C)C)C2. The first kappa shape index (κ1) is 15.8. The normalized spacial score (nSPS) is 26.1. The number of nitrogens with zero attached hydrogens (tertiary/aromatic N) is 2. The van der Waals surface area contributed by atoms with E-state index in [1.54, 1.807) is 7.11 Å². The summed E-state index contributed by atoms with van der Waals surface area (Å²) in [6.45, 7) is 8.17. The van der Waals surface area contributed by atoms with Crippen molar-refractivity contribution in [1.82, 2.24) is 9.80 Å². The zero-order valence-electron chi connectivity index (χ0n) is 13.5. The summed E-state index contributed by atoms with van der Waals surface area (Å²) < 4.78 is 5.32. The number of hydrogen-bond acceptors (Lipinski definition) is 3. The van der Waals surface area contributed by atoms with Crippen LogP contribution < -0.4 is 0 Å². The largest absolute Gasteiger partial charge is 0.384 e. The molecule has 2 rings (SSSR count).